The highest BCUT2D eigenvalue weighted by Gasteiger charge is 2.19. The van der Waals surface area contributed by atoms with Gasteiger partial charge in [-0.25, -0.2) is 4.98 Å². The highest BCUT2D eigenvalue weighted by atomic mass is 16.1. The molecule has 1 N–H and O–H groups in total. The predicted octanol–water partition coefficient (Wildman–Crippen LogP) is 3.52. The van der Waals surface area contributed by atoms with Crippen LogP contribution in [0.2, 0.25) is 0 Å². The van der Waals surface area contributed by atoms with E-state index in [0.717, 1.165) is 16.9 Å². The Balaban J connectivity index is 2.71. The van der Waals surface area contributed by atoms with Crippen LogP contribution in [0.4, 0.5) is 0 Å². The van der Waals surface area contributed by atoms with Gasteiger partial charge in [-0.15, -0.1) is 0 Å². The normalized spacial score (nSPS) is 12.9. The standard InChI is InChI=1S/C16H22N2O/c1-15(2,3)10-7-8-12-11(9-10)13(19)18-14(17-12)16(4,5)6/h7-9H,1-6H3,(H,17,18,19). The number of rotatable bonds is 0. The van der Waals surface area contributed by atoms with E-state index in [0.29, 0.717) is 5.39 Å². The summed E-state index contributed by atoms with van der Waals surface area (Å²) in [7, 11) is 0. The largest absolute Gasteiger partial charge is 0.310 e. The molecule has 0 saturated carbocycles. The van der Waals surface area contributed by atoms with Gasteiger partial charge in [0, 0.05) is 5.41 Å². The maximum Gasteiger partial charge on any atom is 0.258 e. The number of hydrogen-bond acceptors (Lipinski definition) is 2. The van der Waals surface area contributed by atoms with Crippen molar-refractivity contribution in [1.82, 2.24) is 9.97 Å². The van der Waals surface area contributed by atoms with E-state index < -0.39 is 0 Å². The van der Waals surface area contributed by atoms with Crippen molar-refractivity contribution in [2.75, 3.05) is 0 Å². The van der Waals surface area contributed by atoms with Crippen LogP contribution >= 0.6 is 0 Å². The highest BCUT2D eigenvalue weighted by molar-refractivity contribution is 5.78. The van der Waals surface area contributed by atoms with Crippen LogP contribution in [0.1, 0.15) is 52.9 Å². The van der Waals surface area contributed by atoms with Gasteiger partial charge in [-0.2, -0.15) is 0 Å². The van der Waals surface area contributed by atoms with Gasteiger partial charge in [0.1, 0.15) is 5.82 Å². The van der Waals surface area contributed by atoms with Gasteiger partial charge in [0.2, 0.25) is 0 Å². The third-order valence-electron chi connectivity index (χ3n) is 3.28. The van der Waals surface area contributed by atoms with Crippen molar-refractivity contribution in [2.45, 2.75) is 52.4 Å². The SMILES string of the molecule is CC(C)(C)c1ccc2nc(C(C)(C)C)[nH]c(=O)c2c1. The molecule has 0 spiro atoms. The van der Waals surface area contributed by atoms with E-state index in [2.05, 4.69) is 36.8 Å². The van der Waals surface area contributed by atoms with Gasteiger partial charge >= 0.3 is 0 Å². The van der Waals surface area contributed by atoms with Crippen LogP contribution in [0.3, 0.4) is 0 Å². The molecule has 0 unspecified atom stereocenters. The van der Waals surface area contributed by atoms with Gasteiger partial charge in [-0.1, -0.05) is 47.6 Å². The molecule has 0 saturated heterocycles. The quantitative estimate of drug-likeness (QED) is 0.786. The Morgan fingerprint density at radius 3 is 2.16 bits per heavy atom. The minimum atomic E-state index is -0.157. The zero-order chi connectivity index (χ0) is 14.4. The Kier molecular flexibility index (Phi) is 3.04. The molecule has 102 valence electrons. The molecule has 1 heterocycles. The molecule has 1 aromatic carbocycles. The summed E-state index contributed by atoms with van der Waals surface area (Å²) >= 11 is 0. The lowest BCUT2D eigenvalue weighted by atomic mass is 9.86. The van der Waals surface area contributed by atoms with Gasteiger partial charge in [0.15, 0.2) is 0 Å². The molecule has 0 fully saturated rings. The topological polar surface area (TPSA) is 45.8 Å². The van der Waals surface area contributed by atoms with Crippen LogP contribution in [0.5, 0.6) is 0 Å². The molecule has 0 aliphatic carbocycles. The summed E-state index contributed by atoms with van der Waals surface area (Å²) < 4.78 is 0. The van der Waals surface area contributed by atoms with Crippen LogP contribution in [-0.4, -0.2) is 9.97 Å². The molecular formula is C16H22N2O. The maximum atomic E-state index is 12.2. The van der Waals surface area contributed by atoms with E-state index in [4.69, 9.17) is 0 Å². The molecule has 3 heteroatoms. The van der Waals surface area contributed by atoms with E-state index in [1.54, 1.807) is 0 Å². The van der Waals surface area contributed by atoms with Crippen LogP contribution in [0.25, 0.3) is 10.9 Å². The number of nitrogens with one attached hydrogen (secondary N) is 1. The van der Waals surface area contributed by atoms with E-state index in [1.165, 1.54) is 0 Å². The third-order valence-corrected chi connectivity index (χ3v) is 3.28. The average molecular weight is 258 g/mol. The van der Waals surface area contributed by atoms with Crippen molar-refractivity contribution in [3.8, 4) is 0 Å². The lowest BCUT2D eigenvalue weighted by Crippen LogP contribution is -2.22. The summed E-state index contributed by atoms with van der Waals surface area (Å²) in [4.78, 5) is 19.7. The highest BCUT2D eigenvalue weighted by Crippen LogP contribution is 2.25. The first kappa shape index (κ1) is 13.8. The number of aromatic nitrogens is 2. The van der Waals surface area contributed by atoms with Crippen molar-refractivity contribution < 1.29 is 0 Å². The number of aromatic amines is 1. The number of nitrogens with zero attached hydrogens (tertiary/aromatic N) is 1. The second-order valence-corrected chi connectivity index (χ2v) is 7.15. The molecule has 0 bridgehead atoms. The Bertz CT molecular complexity index is 670. The second kappa shape index (κ2) is 4.19. The fourth-order valence-electron chi connectivity index (χ4n) is 1.96. The molecule has 1 aromatic heterocycles. The monoisotopic (exact) mass is 258 g/mol. The fourth-order valence-corrected chi connectivity index (χ4v) is 1.96. The zero-order valence-corrected chi connectivity index (χ0v) is 12.6. The summed E-state index contributed by atoms with van der Waals surface area (Å²) in [5.74, 6) is 0.730. The first-order valence-corrected chi connectivity index (χ1v) is 6.64. The number of fused-ring (bicyclic) bond motifs is 1. The van der Waals surface area contributed by atoms with Crippen LogP contribution in [0, 0.1) is 0 Å². The van der Waals surface area contributed by atoms with Gasteiger partial charge in [-0.3, -0.25) is 4.79 Å². The van der Waals surface area contributed by atoms with Crippen molar-refractivity contribution in [1.29, 1.82) is 0 Å². The summed E-state index contributed by atoms with van der Waals surface area (Å²) in [6, 6.07) is 5.95. The minimum Gasteiger partial charge on any atom is -0.310 e. The molecule has 0 amide bonds. The molecule has 0 atom stereocenters. The summed E-state index contributed by atoms with van der Waals surface area (Å²) in [5, 5.41) is 0.667. The third kappa shape index (κ3) is 2.70. The van der Waals surface area contributed by atoms with Crippen molar-refractivity contribution in [3.05, 3.63) is 39.9 Å². The van der Waals surface area contributed by atoms with Gasteiger partial charge < -0.3 is 4.98 Å². The van der Waals surface area contributed by atoms with E-state index in [1.807, 2.05) is 32.9 Å². The Morgan fingerprint density at radius 2 is 1.63 bits per heavy atom. The lowest BCUT2D eigenvalue weighted by Gasteiger charge is -2.20. The molecular weight excluding hydrogens is 236 g/mol. The predicted molar refractivity (Wildman–Crippen MR) is 79.8 cm³/mol. The Labute approximate surface area is 114 Å². The number of hydrogen-bond donors (Lipinski definition) is 1. The van der Waals surface area contributed by atoms with Crippen LogP contribution in [0.15, 0.2) is 23.0 Å². The lowest BCUT2D eigenvalue weighted by molar-refractivity contribution is 0.546. The van der Waals surface area contributed by atoms with E-state index in [9.17, 15) is 4.79 Å². The summed E-state index contributed by atoms with van der Waals surface area (Å²) in [5.41, 5.74) is 1.73. The smallest absolute Gasteiger partial charge is 0.258 e. The maximum absolute atomic E-state index is 12.2. The Morgan fingerprint density at radius 1 is 1.00 bits per heavy atom. The zero-order valence-electron chi connectivity index (χ0n) is 12.6. The molecule has 19 heavy (non-hydrogen) atoms. The van der Waals surface area contributed by atoms with E-state index >= 15 is 0 Å². The summed E-state index contributed by atoms with van der Waals surface area (Å²) in [6.45, 7) is 12.5. The molecule has 2 rings (SSSR count). The average Bonchev–Trinajstić information content (AvgIpc) is 2.26. The van der Waals surface area contributed by atoms with Gasteiger partial charge in [-0.05, 0) is 23.1 Å². The molecule has 0 radical (unpaired) electrons. The van der Waals surface area contributed by atoms with Gasteiger partial charge in [0.05, 0.1) is 10.9 Å². The number of benzene rings is 1. The second-order valence-electron chi connectivity index (χ2n) is 7.15. The molecule has 0 aliphatic rings. The van der Waals surface area contributed by atoms with Crippen molar-refractivity contribution in [3.63, 3.8) is 0 Å². The summed E-state index contributed by atoms with van der Waals surface area (Å²) in [6.07, 6.45) is 0. The van der Waals surface area contributed by atoms with Crippen LogP contribution in [-0.2, 0) is 10.8 Å². The first-order chi connectivity index (χ1) is 8.59. The minimum absolute atomic E-state index is 0.0311. The molecule has 0 aliphatic heterocycles. The van der Waals surface area contributed by atoms with Crippen molar-refractivity contribution >= 4 is 10.9 Å². The van der Waals surface area contributed by atoms with Crippen molar-refractivity contribution in [2.24, 2.45) is 0 Å². The number of H-pyrrole nitrogens is 1. The molecule has 3 nitrogen and oxygen atoms in total. The van der Waals surface area contributed by atoms with Crippen LogP contribution < -0.4 is 5.56 Å². The first-order valence-electron chi connectivity index (χ1n) is 6.64. The van der Waals surface area contributed by atoms with Gasteiger partial charge in [0.25, 0.3) is 5.56 Å². The fraction of sp³-hybridized carbons (Fsp3) is 0.500. The molecule has 2 aromatic rings. The Hall–Kier alpha value is -1.64. The van der Waals surface area contributed by atoms with E-state index in [-0.39, 0.29) is 16.4 Å².